The van der Waals surface area contributed by atoms with E-state index in [2.05, 4.69) is 35.7 Å². The SMILES string of the molecule is Cn1cc(Nc2ncc(Cl)c(N[C@@H]3COC4C3OC[C@H]4N=[N+]=[N-])n2)cn1. The summed E-state index contributed by atoms with van der Waals surface area (Å²) in [5.74, 6) is 0.859. The summed E-state index contributed by atoms with van der Waals surface area (Å²) in [5, 5.41) is 14.5. The lowest BCUT2D eigenvalue weighted by atomic mass is 10.1. The van der Waals surface area contributed by atoms with Gasteiger partial charge in [0.2, 0.25) is 5.95 Å². The minimum Gasteiger partial charge on any atom is -0.373 e. The molecule has 4 rings (SSSR count). The summed E-state index contributed by atoms with van der Waals surface area (Å²) in [6, 6.07) is -0.474. The lowest BCUT2D eigenvalue weighted by molar-refractivity contribution is 0.0699. The monoisotopic (exact) mass is 377 g/mol. The zero-order chi connectivity index (χ0) is 18.1. The van der Waals surface area contributed by atoms with Crippen molar-refractivity contribution in [2.45, 2.75) is 24.3 Å². The van der Waals surface area contributed by atoms with Crippen LogP contribution in [-0.4, -0.2) is 57.3 Å². The van der Waals surface area contributed by atoms with Crippen LogP contribution >= 0.6 is 11.6 Å². The number of hydrogen-bond acceptors (Lipinski definition) is 8. The Morgan fingerprint density at radius 1 is 1.35 bits per heavy atom. The summed E-state index contributed by atoms with van der Waals surface area (Å²) in [4.78, 5) is 11.4. The molecule has 2 unspecified atom stereocenters. The van der Waals surface area contributed by atoms with Crippen molar-refractivity contribution in [1.29, 1.82) is 0 Å². The second-order valence-electron chi connectivity index (χ2n) is 6.04. The Kier molecular flexibility index (Phi) is 4.51. The third-order valence-electron chi connectivity index (χ3n) is 4.25. The largest absolute Gasteiger partial charge is 0.373 e. The van der Waals surface area contributed by atoms with Gasteiger partial charge in [0, 0.05) is 18.2 Å². The second kappa shape index (κ2) is 6.96. The molecule has 26 heavy (non-hydrogen) atoms. The number of rotatable bonds is 5. The van der Waals surface area contributed by atoms with Gasteiger partial charge in [-0.3, -0.25) is 4.68 Å². The maximum absolute atomic E-state index is 8.62. The van der Waals surface area contributed by atoms with E-state index in [-0.39, 0.29) is 24.3 Å². The normalized spacial score (nSPS) is 27.0. The fourth-order valence-corrected chi connectivity index (χ4v) is 3.23. The number of ether oxygens (including phenoxy) is 2. The van der Waals surface area contributed by atoms with E-state index in [9.17, 15) is 0 Å². The number of aryl methyl sites for hydroxylation is 1. The third-order valence-corrected chi connectivity index (χ3v) is 4.53. The van der Waals surface area contributed by atoms with Gasteiger partial charge in [0.05, 0.1) is 49.5 Å². The van der Waals surface area contributed by atoms with E-state index >= 15 is 0 Å². The smallest absolute Gasteiger partial charge is 0.229 e. The van der Waals surface area contributed by atoms with Crippen LogP contribution in [0.3, 0.4) is 0 Å². The van der Waals surface area contributed by atoms with Gasteiger partial charge < -0.3 is 20.1 Å². The van der Waals surface area contributed by atoms with Crippen molar-refractivity contribution in [3.63, 3.8) is 0 Å². The molecule has 136 valence electrons. The molecule has 0 bridgehead atoms. The third kappa shape index (κ3) is 3.25. The topological polar surface area (TPSA) is 135 Å². The fraction of sp³-hybridized carbons (Fsp3) is 0.500. The van der Waals surface area contributed by atoms with E-state index in [1.807, 2.05) is 13.2 Å². The van der Waals surface area contributed by atoms with Gasteiger partial charge in [0.15, 0.2) is 5.82 Å². The predicted molar refractivity (Wildman–Crippen MR) is 93.4 cm³/mol. The molecular formula is C14H16ClN9O2. The van der Waals surface area contributed by atoms with Crippen molar-refractivity contribution < 1.29 is 9.47 Å². The Hall–Kier alpha value is -2.59. The average Bonchev–Trinajstić information content (AvgIpc) is 3.31. The number of nitrogens with one attached hydrogen (secondary N) is 2. The zero-order valence-electron chi connectivity index (χ0n) is 13.8. The summed E-state index contributed by atoms with van der Waals surface area (Å²) in [6.07, 6.45) is 4.50. The van der Waals surface area contributed by atoms with Crippen LogP contribution in [0.4, 0.5) is 17.5 Å². The van der Waals surface area contributed by atoms with Crippen molar-refractivity contribution in [2.24, 2.45) is 12.2 Å². The molecule has 2 N–H and O–H groups in total. The Morgan fingerprint density at radius 3 is 2.96 bits per heavy atom. The lowest BCUT2D eigenvalue weighted by Gasteiger charge is -2.19. The van der Waals surface area contributed by atoms with Crippen LogP contribution < -0.4 is 10.6 Å². The standard InChI is InChI=1S/C14H16ClN9O2/c1-24-4-7(2-18-24)19-14-17-3-8(15)13(21-14)20-9-5-25-12-10(22-23-16)6-26-11(9)12/h2-4,9-12H,5-6H2,1H3,(H2,17,19,20,21)/t9-,10-,11?,12?/m1/s1. The molecule has 0 aromatic carbocycles. The highest BCUT2D eigenvalue weighted by Gasteiger charge is 2.47. The van der Waals surface area contributed by atoms with Gasteiger partial charge in [-0.2, -0.15) is 10.1 Å². The molecule has 0 amide bonds. The highest BCUT2D eigenvalue weighted by molar-refractivity contribution is 6.32. The Bertz CT molecular complexity index is 853. The number of fused-ring (bicyclic) bond motifs is 1. The number of hydrogen-bond donors (Lipinski definition) is 2. The first kappa shape index (κ1) is 16.9. The molecule has 0 radical (unpaired) electrons. The molecule has 0 saturated carbocycles. The maximum Gasteiger partial charge on any atom is 0.229 e. The quantitative estimate of drug-likeness (QED) is 0.461. The van der Waals surface area contributed by atoms with Crippen molar-refractivity contribution in [1.82, 2.24) is 19.7 Å². The molecule has 4 atom stereocenters. The van der Waals surface area contributed by atoms with Crippen LogP contribution in [0.15, 0.2) is 23.7 Å². The van der Waals surface area contributed by atoms with Gasteiger partial charge in [-0.25, -0.2) is 4.98 Å². The Morgan fingerprint density at radius 2 is 2.19 bits per heavy atom. The molecule has 12 heteroatoms. The summed E-state index contributed by atoms with van der Waals surface area (Å²) in [6.45, 7) is 0.737. The van der Waals surface area contributed by atoms with Gasteiger partial charge in [-0.1, -0.05) is 16.7 Å². The van der Waals surface area contributed by atoms with E-state index in [1.54, 1.807) is 10.9 Å². The number of halogens is 1. The van der Waals surface area contributed by atoms with E-state index in [1.165, 1.54) is 6.20 Å². The fourth-order valence-electron chi connectivity index (χ4n) is 3.09. The summed E-state index contributed by atoms with van der Waals surface area (Å²) >= 11 is 6.22. The van der Waals surface area contributed by atoms with Gasteiger partial charge in [-0.15, -0.1) is 0 Å². The van der Waals surface area contributed by atoms with Crippen LogP contribution in [0.25, 0.3) is 10.4 Å². The van der Waals surface area contributed by atoms with E-state index < -0.39 is 0 Å². The highest BCUT2D eigenvalue weighted by atomic mass is 35.5. The number of azide groups is 1. The maximum atomic E-state index is 8.62. The summed E-state index contributed by atoms with van der Waals surface area (Å²) in [7, 11) is 1.82. The predicted octanol–water partition coefficient (Wildman–Crippen LogP) is 1.86. The Balaban J connectivity index is 1.48. The lowest BCUT2D eigenvalue weighted by Crippen LogP contribution is -2.36. The van der Waals surface area contributed by atoms with E-state index in [0.29, 0.717) is 30.0 Å². The van der Waals surface area contributed by atoms with Gasteiger partial charge in [0.25, 0.3) is 0 Å². The number of aromatic nitrogens is 4. The molecular weight excluding hydrogens is 362 g/mol. The molecule has 2 fully saturated rings. The summed E-state index contributed by atoms with van der Waals surface area (Å²) in [5.41, 5.74) is 9.39. The van der Waals surface area contributed by atoms with Crippen molar-refractivity contribution in [3.8, 4) is 0 Å². The minimum absolute atomic E-state index is 0.155. The minimum atomic E-state index is -0.319. The van der Waals surface area contributed by atoms with Crippen LogP contribution in [0.1, 0.15) is 0 Å². The molecule has 2 aromatic rings. The van der Waals surface area contributed by atoms with Crippen LogP contribution in [0.5, 0.6) is 0 Å². The van der Waals surface area contributed by atoms with Crippen LogP contribution in [0, 0.1) is 0 Å². The average molecular weight is 378 g/mol. The number of nitrogens with zero attached hydrogens (tertiary/aromatic N) is 7. The van der Waals surface area contributed by atoms with Gasteiger partial charge in [-0.05, 0) is 5.53 Å². The highest BCUT2D eigenvalue weighted by Crippen LogP contribution is 2.32. The zero-order valence-corrected chi connectivity index (χ0v) is 14.5. The first-order valence-corrected chi connectivity index (χ1v) is 8.34. The Labute approximate surface area is 153 Å². The first-order valence-electron chi connectivity index (χ1n) is 7.96. The number of anilines is 3. The summed E-state index contributed by atoms with van der Waals surface area (Å²) < 4.78 is 13.1. The van der Waals surface area contributed by atoms with Crippen LogP contribution in [0.2, 0.25) is 5.02 Å². The molecule has 4 heterocycles. The van der Waals surface area contributed by atoms with Crippen molar-refractivity contribution in [2.75, 3.05) is 23.8 Å². The molecule has 2 aromatic heterocycles. The van der Waals surface area contributed by atoms with Gasteiger partial charge >= 0.3 is 0 Å². The molecule has 0 spiro atoms. The molecule has 11 nitrogen and oxygen atoms in total. The molecule has 2 aliphatic rings. The second-order valence-corrected chi connectivity index (χ2v) is 6.44. The molecule has 0 aliphatic carbocycles. The van der Waals surface area contributed by atoms with E-state index in [4.69, 9.17) is 26.6 Å². The van der Waals surface area contributed by atoms with Crippen molar-refractivity contribution in [3.05, 3.63) is 34.1 Å². The van der Waals surface area contributed by atoms with Crippen molar-refractivity contribution >= 4 is 29.1 Å². The molecule has 2 aliphatic heterocycles. The molecule has 2 saturated heterocycles. The van der Waals surface area contributed by atoms with Gasteiger partial charge in [0.1, 0.15) is 11.1 Å². The van der Waals surface area contributed by atoms with E-state index in [0.717, 1.165) is 5.69 Å². The van der Waals surface area contributed by atoms with Crippen LogP contribution in [-0.2, 0) is 16.5 Å². The first-order chi connectivity index (χ1) is 12.6.